The summed E-state index contributed by atoms with van der Waals surface area (Å²) >= 11 is 6.52. The van der Waals surface area contributed by atoms with Crippen molar-refractivity contribution in [3.63, 3.8) is 0 Å². The van der Waals surface area contributed by atoms with Gasteiger partial charge in [-0.2, -0.15) is 0 Å². The maximum atomic E-state index is 6.52. The molecule has 0 bridgehead atoms. The third-order valence-corrected chi connectivity index (χ3v) is 5.53. The second kappa shape index (κ2) is 10.7. The lowest BCUT2D eigenvalue weighted by Gasteiger charge is -2.26. The molecule has 1 fully saturated rings. The topological polar surface area (TPSA) is 21.7 Å². The van der Waals surface area contributed by atoms with Crippen LogP contribution in [-0.2, 0) is 11.2 Å². The summed E-state index contributed by atoms with van der Waals surface area (Å²) in [5.74, 6) is 0.970. The Morgan fingerprint density at radius 3 is 2.59 bits per heavy atom. The van der Waals surface area contributed by atoms with E-state index in [0.717, 1.165) is 64.5 Å². The van der Waals surface area contributed by atoms with E-state index in [9.17, 15) is 0 Å². The van der Waals surface area contributed by atoms with Crippen LogP contribution in [-0.4, -0.2) is 49.7 Å². The predicted molar refractivity (Wildman–Crippen MR) is 113 cm³/mol. The first-order valence-corrected chi connectivity index (χ1v) is 10.5. The van der Waals surface area contributed by atoms with E-state index in [0.29, 0.717) is 0 Å². The van der Waals surface area contributed by atoms with Crippen molar-refractivity contribution in [1.82, 2.24) is 4.90 Å². The zero-order valence-corrected chi connectivity index (χ0v) is 17.0. The SMILES string of the molecule is CCC(Cl)Cc1c(OCCCN2CCOCC2)cccc1-c1ccccc1. The highest BCUT2D eigenvalue weighted by Gasteiger charge is 2.15. The Labute approximate surface area is 168 Å². The van der Waals surface area contributed by atoms with Gasteiger partial charge >= 0.3 is 0 Å². The third kappa shape index (κ3) is 5.97. The second-order valence-electron chi connectivity index (χ2n) is 7.01. The molecule has 1 heterocycles. The molecule has 1 unspecified atom stereocenters. The lowest BCUT2D eigenvalue weighted by molar-refractivity contribution is 0.0358. The molecule has 0 N–H and O–H groups in total. The van der Waals surface area contributed by atoms with E-state index in [4.69, 9.17) is 21.1 Å². The van der Waals surface area contributed by atoms with Crippen molar-refractivity contribution < 1.29 is 9.47 Å². The van der Waals surface area contributed by atoms with Crippen LogP contribution in [0.25, 0.3) is 11.1 Å². The Morgan fingerprint density at radius 1 is 1.07 bits per heavy atom. The lowest BCUT2D eigenvalue weighted by atomic mass is 9.95. The molecule has 0 aliphatic carbocycles. The monoisotopic (exact) mass is 387 g/mol. The zero-order chi connectivity index (χ0) is 18.9. The highest BCUT2D eigenvalue weighted by molar-refractivity contribution is 6.20. The van der Waals surface area contributed by atoms with Gasteiger partial charge in [-0.15, -0.1) is 11.6 Å². The molecule has 0 amide bonds. The van der Waals surface area contributed by atoms with Gasteiger partial charge in [-0.05, 0) is 36.5 Å². The first-order valence-electron chi connectivity index (χ1n) is 10.0. The van der Waals surface area contributed by atoms with Gasteiger partial charge in [0.1, 0.15) is 5.75 Å². The van der Waals surface area contributed by atoms with Crippen LogP contribution in [0.15, 0.2) is 48.5 Å². The summed E-state index contributed by atoms with van der Waals surface area (Å²) in [6.45, 7) is 7.66. The summed E-state index contributed by atoms with van der Waals surface area (Å²) < 4.78 is 11.6. The molecule has 4 heteroatoms. The van der Waals surface area contributed by atoms with Crippen LogP contribution in [0.3, 0.4) is 0 Å². The average molecular weight is 388 g/mol. The van der Waals surface area contributed by atoms with E-state index in [1.807, 2.05) is 6.07 Å². The van der Waals surface area contributed by atoms with Crippen LogP contribution < -0.4 is 4.74 Å². The minimum Gasteiger partial charge on any atom is -0.493 e. The molecule has 146 valence electrons. The highest BCUT2D eigenvalue weighted by Crippen LogP contribution is 2.33. The van der Waals surface area contributed by atoms with Gasteiger partial charge in [-0.3, -0.25) is 4.90 Å². The predicted octanol–water partition coefficient (Wildman–Crippen LogP) is 5.01. The van der Waals surface area contributed by atoms with Crippen molar-refractivity contribution in [2.45, 2.75) is 31.6 Å². The Bertz CT molecular complexity index is 686. The molecule has 0 spiro atoms. The van der Waals surface area contributed by atoms with Crippen molar-refractivity contribution in [3.05, 3.63) is 54.1 Å². The van der Waals surface area contributed by atoms with Crippen molar-refractivity contribution in [1.29, 1.82) is 0 Å². The molecule has 0 saturated carbocycles. The normalized spacial score (nSPS) is 16.2. The van der Waals surface area contributed by atoms with E-state index >= 15 is 0 Å². The van der Waals surface area contributed by atoms with Crippen LogP contribution in [0, 0.1) is 0 Å². The number of hydrogen-bond acceptors (Lipinski definition) is 3. The molecule has 2 aromatic rings. The Hall–Kier alpha value is -1.55. The molecule has 1 aliphatic heterocycles. The van der Waals surface area contributed by atoms with Gasteiger partial charge in [0.05, 0.1) is 19.8 Å². The maximum Gasteiger partial charge on any atom is 0.123 e. The molecule has 0 radical (unpaired) electrons. The minimum absolute atomic E-state index is 0.116. The number of rotatable bonds is 9. The van der Waals surface area contributed by atoms with Crippen LogP contribution >= 0.6 is 11.6 Å². The van der Waals surface area contributed by atoms with E-state index in [1.54, 1.807) is 0 Å². The largest absolute Gasteiger partial charge is 0.493 e. The summed E-state index contributed by atoms with van der Waals surface area (Å²) in [7, 11) is 0. The van der Waals surface area contributed by atoms with Gasteiger partial charge in [0.2, 0.25) is 0 Å². The van der Waals surface area contributed by atoms with Crippen molar-refractivity contribution >= 4 is 11.6 Å². The number of morpholine rings is 1. The fourth-order valence-electron chi connectivity index (χ4n) is 3.46. The first-order chi connectivity index (χ1) is 13.3. The summed E-state index contributed by atoms with van der Waals surface area (Å²) in [6, 6.07) is 16.8. The number of nitrogens with zero attached hydrogens (tertiary/aromatic N) is 1. The number of alkyl halides is 1. The molecule has 1 atom stereocenters. The van der Waals surface area contributed by atoms with Gasteiger partial charge in [-0.25, -0.2) is 0 Å². The fraction of sp³-hybridized carbons (Fsp3) is 0.478. The average Bonchev–Trinajstić information content (AvgIpc) is 2.73. The molecule has 2 aromatic carbocycles. The van der Waals surface area contributed by atoms with Gasteiger partial charge < -0.3 is 9.47 Å². The van der Waals surface area contributed by atoms with Gasteiger partial charge in [0.25, 0.3) is 0 Å². The molecule has 3 rings (SSSR count). The van der Waals surface area contributed by atoms with Gasteiger partial charge in [-0.1, -0.05) is 49.4 Å². The number of halogens is 1. The smallest absolute Gasteiger partial charge is 0.123 e. The first kappa shape index (κ1) is 20.2. The van der Waals surface area contributed by atoms with Gasteiger partial charge in [0.15, 0.2) is 0 Å². The number of hydrogen-bond donors (Lipinski definition) is 0. The second-order valence-corrected chi connectivity index (χ2v) is 7.63. The van der Waals surface area contributed by atoms with E-state index in [-0.39, 0.29) is 5.38 Å². The highest BCUT2D eigenvalue weighted by atomic mass is 35.5. The van der Waals surface area contributed by atoms with Crippen LogP contribution in [0.4, 0.5) is 0 Å². The Morgan fingerprint density at radius 2 is 1.85 bits per heavy atom. The number of benzene rings is 2. The Kier molecular flexibility index (Phi) is 8.00. The van der Waals surface area contributed by atoms with Gasteiger partial charge in [0, 0.05) is 30.6 Å². The summed E-state index contributed by atoms with van der Waals surface area (Å²) in [5, 5.41) is 0.116. The summed E-state index contributed by atoms with van der Waals surface area (Å²) in [6.07, 6.45) is 2.79. The van der Waals surface area contributed by atoms with Crippen LogP contribution in [0.2, 0.25) is 0 Å². The fourth-order valence-corrected chi connectivity index (χ4v) is 3.61. The Balaban J connectivity index is 1.69. The lowest BCUT2D eigenvalue weighted by Crippen LogP contribution is -2.37. The van der Waals surface area contributed by atoms with Crippen molar-refractivity contribution in [2.24, 2.45) is 0 Å². The molecule has 27 heavy (non-hydrogen) atoms. The molecule has 1 saturated heterocycles. The van der Waals surface area contributed by atoms with E-state index in [1.165, 1.54) is 16.7 Å². The molecule has 3 nitrogen and oxygen atoms in total. The molecule has 0 aromatic heterocycles. The quantitative estimate of drug-likeness (QED) is 0.445. The standard InChI is InChI=1S/C23H30ClNO2/c1-2-20(24)18-22-21(19-8-4-3-5-9-19)10-6-11-23(22)27-15-7-12-25-13-16-26-17-14-25/h3-6,8-11,20H,2,7,12-18H2,1H3. The minimum atomic E-state index is 0.116. The molecular weight excluding hydrogens is 358 g/mol. The zero-order valence-electron chi connectivity index (χ0n) is 16.2. The van der Waals surface area contributed by atoms with Crippen molar-refractivity contribution in [3.8, 4) is 16.9 Å². The van der Waals surface area contributed by atoms with E-state index in [2.05, 4.69) is 54.3 Å². The van der Waals surface area contributed by atoms with Crippen LogP contribution in [0.1, 0.15) is 25.3 Å². The van der Waals surface area contributed by atoms with Crippen LogP contribution in [0.5, 0.6) is 5.75 Å². The molecular formula is C23H30ClNO2. The summed E-state index contributed by atoms with van der Waals surface area (Å²) in [4.78, 5) is 2.44. The summed E-state index contributed by atoms with van der Waals surface area (Å²) in [5.41, 5.74) is 3.66. The molecule has 1 aliphatic rings. The number of ether oxygens (including phenoxy) is 2. The van der Waals surface area contributed by atoms with E-state index < -0.39 is 0 Å². The third-order valence-electron chi connectivity index (χ3n) is 5.07. The van der Waals surface area contributed by atoms with Crippen molar-refractivity contribution in [2.75, 3.05) is 39.5 Å². The maximum absolute atomic E-state index is 6.52.